The third-order valence-electron chi connectivity index (χ3n) is 6.74. The van der Waals surface area contributed by atoms with Gasteiger partial charge in [0.05, 0.1) is 16.3 Å². The molecular weight excluding hydrogens is 460 g/mol. The number of hydrogen-bond acceptors (Lipinski definition) is 4. The third kappa shape index (κ3) is 5.18. The van der Waals surface area contributed by atoms with Gasteiger partial charge in [0.1, 0.15) is 0 Å². The molecule has 2 unspecified atom stereocenters. The van der Waals surface area contributed by atoms with Crippen LogP contribution in [0.25, 0.3) is 5.69 Å². The zero-order chi connectivity index (χ0) is 25.3. The molecule has 0 spiro atoms. The summed E-state index contributed by atoms with van der Waals surface area (Å²) in [4.78, 5) is 15.1. The van der Waals surface area contributed by atoms with Crippen LogP contribution in [0.4, 0.5) is 0 Å². The van der Waals surface area contributed by atoms with Crippen molar-refractivity contribution in [2.24, 2.45) is 11.8 Å². The van der Waals surface area contributed by atoms with Crippen LogP contribution in [0, 0.1) is 25.7 Å². The zero-order valence-corrected chi connectivity index (χ0v) is 21.9. The summed E-state index contributed by atoms with van der Waals surface area (Å²) in [6.07, 6.45) is 1.02. The van der Waals surface area contributed by atoms with E-state index in [1.54, 1.807) is 34.5 Å². The minimum atomic E-state index is -3.66. The van der Waals surface area contributed by atoms with Crippen molar-refractivity contribution in [1.29, 1.82) is 0 Å². The van der Waals surface area contributed by atoms with E-state index < -0.39 is 10.0 Å². The Balaban J connectivity index is 1.55. The Bertz CT molecular complexity index is 1310. The number of hydrogen-bond donors (Lipinski definition) is 0. The van der Waals surface area contributed by atoms with Gasteiger partial charge < -0.3 is 4.90 Å². The minimum Gasteiger partial charge on any atom is -0.337 e. The average Bonchev–Trinajstić information content (AvgIpc) is 3.12. The summed E-state index contributed by atoms with van der Waals surface area (Å²) in [5, 5.41) is 4.67. The van der Waals surface area contributed by atoms with Crippen LogP contribution in [0.2, 0.25) is 0 Å². The highest BCUT2D eigenvalue weighted by molar-refractivity contribution is 7.89. The topological polar surface area (TPSA) is 75.5 Å². The number of benzene rings is 2. The summed E-state index contributed by atoms with van der Waals surface area (Å²) >= 11 is 0. The van der Waals surface area contributed by atoms with Gasteiger partial charge in [0.25, 0.3) is 5.91 Å². The maximum absolute atomic E-state index is 13.3. The molecule has 0 N–H and O–H groups in total. The SMILES string of the molecule is Cc1nn(-c2ccccc2)c(C)c1CN(C)C(=O)c1cccc(S(=O)(=O)N2CC(C)CC(C)C2)c1. The van der Waals surface area contributed by atoms with Gasteiger partial charge in [0.15, 0.2) is 0 Å². The van der Waals surface area contributed by atoms with Crippen molar-refractivity contribution in [1.82, 2.24) is 19.0 Å². The van der Waals surface area contributed by atoms with Crippen LogP contribution >= 0.6 is 0 Å². The van der Waals surface area contributed by atoms with Gasteiger partial charge in [-0.1, -0.05) is 38.1 Å². The van der Waals surface area contributed by atoms with Gasteiger partial charge in [-0.3, -0.25) is 4.79 Å². The number of carbonyl (C=O) groups excluding carboxylic acids is 1. The first kappa shape index (κ1) is 25.1. The number of aryl methyl sites for hydroxylation is 1. The van der Waals surface area contributed by atoms with E-state index in [0.29, 0.717) is 37.0 Å². The molecule has 0 bridgehead atoms. The quantitative estimate of drug-likeness (QED) is 0.508. The molecule has 0 saturated carbocycles. The number of aromatic nitrogens is 2. The van der Waals surface area contributed by atoms with E-state index in [1.165, 1.54) is 6.07 Å². The van der Waals surface area contributed by atoms with E-state index in [9.17, 15) is 13.2 Å². The summed E-state index contributed by atoms with van der Waals surface area (Å²) in [6, 6.07) is 16.3. The highest BCUT2D eigenvalue weighted by atomic mass is 32.2. The standard InChI is InChI=1S/C27H34N4O3S/c1-19-14-20(2)17-30(16-19)35(33,34)25-13-9-10-23(15-25)27(32)29(5)18-26-21(3)28-31(22(26)4)24-11-7-6-8-12-24/h6-13,15,19-20H,14,16-18H2,1-5H3. The van der Waals surface area contributed by atoms with Crippen molar-refractivity contribution in [3.8, 4) is 5.69 Å². The molecule has 2 aromatic carbocycles. The summed E-state index contributed by atoms with van der Waals surface area (Å²) in [7, 11) is -1.93. The van der Waals surface area contributed by atoms with E-state index in [4.69, 9.17) is 0 Å². The summed E-state index contributed by atoms with van der Waals surface area (Å²) in [5.74, 6) is 0.397. The molecule has 8 heteroatoms. The van der Waals surface area contributed by atoms with E-state index in [1.807, 2.05) is 48.9 Å². The second-order valence-electron chi connectivity index (χ2n) is 9.85. The smallest absolute Gasteiger partial charge is 0.253 e. The Morgan fingerprint density at radius 2 is 1.69 bits per heavy atom. The Labute approximate surface area is 208 Å². The Kier molecular flexibility index (Phi) is 7.15. The first-order valence-electron chi connectivity index (χ1n) is 12.0. The molecule has 0 aliphatic carbocycles. The minimum absolute atomic E-state index is 0.169. The first-order chi connectivity index (χ1) is 16.6. The second kappa shape index (κ2) is 9.95. The number of amides is 1. The third-order valence-corrected chi connectivity index (χ3v) is 8.57. The van der Waals surface area contributed by atoms with Crippen LogP contribution in [0.15, 0.2) is 59.5 Å². The largest absolute Gasteiger partial charge is 0.337 e. The predicted molar refractivity (Wildman–Crippen MR) is 137 cm³/mol. The van der Waals surface area contributed by atoms with Crippen LogP contribution in [0.1, 0.15) is 47.6 Å². The molecule has 1 amide bonds. The molecule has 4 rings (SSSR count). The van der Waals surface area contributed by atoms with Crippen LogP contribution in [-0.2, 0) is 16.6 Å². The fourth-order valence-corrected chi connectivity index (χ4v) is 6.72. The van der Waals surface area contributed by atoms with Gasteiger partial charge in [-0.25, -0.2) is 13.1 Å². The van der Waals surface area contributed by atoms with Crippen molar-refractivity contribution < 1.29 is 13.2 Å². The molecule has 1 aromatic heterocycles. The van der Waals surface area contributed by atoms with Gasteiger partial charge in [0.2, 0.25) is 10.0 Å². The summed E-state index contributed by atoms with van der Waals surface area (Å²) in [5.41, 5.74) is 4.13. The zero-order valence-electron chi connectivity index (χ0n) is 21.1. The lowest BCUT2D eigenvalue weighted by atomic mass is 9.94. The Morgan fingerprint density at radius 3 is 2.34 bits per heavy atom. The highest BCUT2D eigenvalue weighted by Gasteiger charge is 2.32. The Hall–Kier alpha value is -2.97. The van der Waals surface area contributed by atoms with E-state index in [0.717, 1.165) is 29.1 Å². The molecule has 186 valence electrons. The van der Waals surface area contributed by atoms with Crippen molar-refractivity contribution in [3.05, 3.63) is 77.1 Å². The number of piperidine rings is 1. The van der Waals surface area contributed by atoms with Gasteiger partial charge in [0, 0.05) is 43.5 Å². The van der Waals surface area contributed by atoms with E-state index in [-0.39, 0.29) is 10.8 Å². The van der Waals surface area contributed by atoms with Crippen LogP contribution in [0.5, 0.6) is 0 Å². The molecule has 1 fully saturated rings. The predicted octanol–water partition coefficient (Wildman–Crippen LogP) is 4.43. The lowest BCUT2D eigenvalue weighted by Crippen LogP contribution is -2.42. The van der Waals surface area contributed by atoms with E-state index in [2.05, 4.69) is 18.9 Å². The first-order valence-corrected chi connectivity index (χ1v) is 13.5. The van der Waals surface area contributed by atoms with Crippen LogP contribution < -0.4 is 0 Å². The van der Waals surface area contributed by atoms with Crippen molar-refractivity contribution in [2.75, 3.05) is 20.1 Å². The number of para-hydroxylation sites is 1. The lowest BCUT2D eigenvalue weighted by Gasteiger charge is -2.34. The lowest BCUT2D eigenvalue weighted by molar-refractivity contribution is 0.0784. The molecule has 0 radical (unpaired) electrons. The normalized spacial score (nSPS) is 19.0. The molecular formula is C27H34N4O3S. The van der Waals surface area contributed by atoms with Gasteiger partial charge in [-0.05, 0) is 62.4 Å². The molecule has 2 atom stereocenters. The molecule has 35 heavy (non-hydrogen) atoms. The monoisotopic (exact) mass is 494 g/mol. The fourth-order valence-electron chi connectivity index (χ4n) is 4.99. The molecule has 1 aliphatic rings. The van der Waals surface area contributed by atoms with E-state index >= 15 is 0 Å². The van der Waals surface area contributed by atoms with Crippen molar-refractivity contribution in [2.45, 2.75) is 45.6 Å². The second-order valence-corrected chi connectivity index (χ2v) is 11.8. The summed E-state index contributed by atoms with van der Waals surface area (Å²) in [6.45, 7) is 9.49. The van der Waals surface area contributed by atoms with Gasteiger partial charge >= 0.3 is 0 Å². The molecule has 3 aromatic rings. The van der Waals surface area contributed by atoms with Gasteiger partial charge in [-0.2, -0.15) is 9.40 Å². The number of sulfonamides is 1. The molecule has 1 saturated heterocycles. The van der Waals surface area contributed by atoms with Crippen molar-refractivity contribution >= 4 is 15.9 Å². The van der Waals surface area contributed by atoms with Crippen LogP contribution in [0.3, 0.4) is 0 Å². The molecule has 1 aliphatic heterocycles. The molecule has 2 heterocycles. The highest BCUT2D eigenvalue weighted by Crippen LogP contribution is 2.27. The number of rotatable bonds is 6. The van der Waals surface area contributed by atoms with Gasteiger partial charge in [-0.15, -0.1) is 0 Å². The Morgan fingerprint density at radius 1 is 1.03 bits per heavy atom. The average molecular weight is 495 g/mol. The maximum Gasteiger partial charge on any atom is 0.253 e. The molecule has 7 nitrogen and oxygen atoms in total. The fraction of sp³-hybridized carbons (Fsp3) is 0.407. The van der Waals surface area contributed by atoms with Crippen LogP contribution in [-0.4, -0.2) is 53.4 Å². The number of carbonyl (C=O) groups is 1. The maximum atomic E-state index is 13.3. The van der Waals surface area contributed by atoms with Crippen molar-refractivity contribution in [3.63, 3.8) is 0 Å². The number of nitrogens with zero attached hydrogens (tertiary/aromatic N) is 4. The summed E-state index contributed by atoms with van der Waals surface area (Å²) < 4.78 is 30.1.